The van der Waals surface area contributed by atoms with Crippen LogP contribution in [0.4, 0.5) is 17.3 Å². The number of nitrogens with zero attached hydrogens (tertiary/aromatic N) is 6. The number of fused-ring (bicyclic) bond motifs is 1. The van der Waals surface area contributed by atoms with E-state index in [1.54, 1.807) is 11.7 Å². The molecule has 0 saturated carbocycles. The Balaban J connectivity index is 1.11. The molecule has 0 amide bonds. The Kier molecular flexibility index (Phi) is 6.17. The van der Waals surface area contributed by atoms with Crippen LogP contribution in [0.3, 0.4) is 0 Å². The molecule has 0 unspecified atom stereocenters. The van der Waals surface area contributed by atoms with Gasteiger partial charge in [-0.25, -0.2) is 4.98 Å². The zero-order valence-electron chi connectivity index (χ0n) is 19.0. The van der Waals surface area contributed by atoms with Gasteiger partial charge in [0.1, 0.15) is 24.4 Å². The third-order valence-electron chi connectivity index (χ3n) is 6.19. The van der Waals surface area contributed by atoms with E-state index in [2.05, 4.69) is 49.4 Å². The zero-order valence-corrected chi connectivity index (χ0v) is 19.0. The van der Waals surface area contributed by atoms with Crippen molar-refractivity contribution < 1.29 is 14.4 Å². The molecule has 2 aliphatic rings. The molecule has 2 aliphatic heterocycles. The molecular formula is C23H27N7O4. The molecule has 1 fully saturated rings. The average molecular weight is 466 g/mol. The second-order valence-corrected chi connectivity index (χ2v) is 8.38. The SMILES string of the molecule is COc1ccc(N2CCN(c3ccc(CN[C@@H]4COc5nc([N+](=O)[O-])cn5C4)cn3)CC2)cc1. The Hall–Kier alpha value is -3.86. The number of piperazine rings is 1. The molecule has 2 aromatic heterocycles. The molecule has 178 valence electrons. The molecule has 1 saturated heterocycles. The highest BCUT2D eigenvalue weighted by atomic mass is 16.6. The van der Waals surface area contributed by atoms with Gasteiger partial charge in [-0.3, -0.25) is 4.57 Å². The number of ether oxygens (including phenoxy) is 2. The van der Waals surface area contributed by atoms with Crippen LogP contribution in [0.25, 0.3) is 0 Å². The Bertz CT molecular complexity index is 1130. The summed E-state index contributed by atoms with van der Waals surface area (Å²) < 4.78 is 12.5. The lowest BCUT2D eigenvalue weighted by Gasteiger charge is -2.36. The lowest BCUT2D eigenvalue weighted by molar-refractivity contribution is -0.389. The van der Waals surface area contributed by atoms with Crippen molar-refractivity contribution in [3.05, 3.63) is 64.5 Å². The first-order valence-corrected chi connectivity index (χ1v) is 11.3. The highest BCUT2D eigenvalue weighted by molar-refractivity contribution is 5.51. The Morgan fingerprint density at radius 3 is 2.59 bits per heavy atom. The standard InChI is InChI=1S/C23H27N7O4/c1-33-20-5-3-19(4-6-20)27-8-10-28(11-9-27)21-7-2-17(13-25-21)12-24-18-14-29-15-22(30(31)32)26-23(29)34-16-18/h2-7,13,15,18,24H,8-12,14,16H2,1H3/t18-/m0/s1. The maximum Gasteiger partial charge on any atom is 0.414 e. The monoisotopic (exact) mass is 465 g/mol. The van der Waals surface area contributed by atoms with Crippen LogP contribution in [0, 0.1) is 10.1 Å². The van der Waals surface area contributed by atoms with Crippen LogP contribution in [0.5, 0.6) is 11.8 Å². The van der Waals surface area contributed by atoms with Crippen LogP contribution in [0.2, 0.25) is 0 Å². The molecule has 0 radical (unpaired) electrons. The summed E-state index contributed by atoms with van der Waals surface area (Å²) in [5.74, 6) is 1.66. The van der Waals surface area contributed by atoms with E-state index in [-0.39, 0.29) is 11.9 Å². The Morgan fingerprint density at radius 1 is 1.15 bits per heavy atom. The number of benzene rings is 1. The van der Waals surface area contributed by atoms with Crippen LogP contribution in [0.15, 0.2) is 48.8 Å². The number of hydrogen-bond donors (Lipinski definition) is 1. The smallest absolute Gasteiger partial charge is 0.414 e. The van der Waals surface area contributed by atoms with E-state index in [9.17, 15) is 10.1 Å². The average Bonchev–Trinajstić information content (AvgIpc) is 3.32. The normalized spacial score (nSPS) is 17.7. The largest absolute Gasteiger partial charge is 0.497 e. The van der Waals surface area contributed by atoms with Crippen LogP contribution in [-0.4, -0.2) is 65.4 Å². The first-order chi connectivity index (χ1) is 16.6. The topological polar surface area (TPSA) is 111 Å². The van der Waals surface area contributed by atoms with Crippen molar-refractivity contribution in [3.8, 4) is 11.8 Å². The molecule has 1 aromatic carbocycles. The Morgan fingerprint density at radius 2 is 1.91 bits per heavy atom. The predicted molar refractivity (Wildman–Crippen MR) is 127 cm³/mol. The zero-order chi connectivity index (χ0) is 23.5. The van der Waals surface area contributed by atoms with E-state index >= 15 is 0 Å². The van der Waals surface area contributed by atoms with E-state index in [1.807, 2.05) is 18.3 Å². The van der Waals surface area contributed by atoms with E-state index in [0.717, 1.165) is 43.3 Å². The molecule has 5 rings (SSSR count). The highest BCUT2D eigenvalue weighted by Crippen LogP contribution is 2.23. The summed E-state index contributed by atoms with van der Waals surface area (Å²) in [5.41, 5.74) is 2.28. The lowest BCUT2D eigenvalue weighted by Crippen LogP contribution is -2.46. The third-order valence-corrected chi connectivity index (χ3v) is 6.19. The van der Waals surface area contributed by atoms with E-state index in [1.165, 1.54) is 11.9 Å². The van der Waals surface area contributed by atoms with Gasteiger partial charge in [0, 0.05) is 56.1 Å². The number of rotatable bonds is 7. The second-order valence-electron chi connectivity index (χ2n) is 8.38. The molecule has 11 nitrogen and oxygen atoms in total. The van der Waals surface area contributed by atoms with E-state index in [0.29, 0.717) is 25.7 Å². The summed E-state index contributed by atoms with van der Waals surface area (Å²) in [6.45, 7) is 5.32. The van der Waals surface area contributed by atoms with Crippen LogP contribution in [-0.2, 0) is 13.1 Å². The van der Waals surface area contributed by atoms with E-state index in [4.69, 9.17) is 9.47 Å². The summed E-state index contributed by atoms with van der Waals surface area (Å²) in [7, 11) is 1.68. The molecule has 1 atom stereocenters. The number of anilines is 2. The Labute approximate surface area is 197 Å². The number of methoxy groups -OCH3 is 1. The van der Waals surface area contributed by atoms with Gasteiger partial charge in [-0.15, -0.1) is 0 Å². The summed E-state index contributed by atoms with van der Waals surface area (Å²) in [4.78, 5) is 23.6. The van der Waals surface area contributed by atoms with Crippen LogP contribution >= 0.6 is 0 Å². The molecule has 0 bridgehead atoms. The first kappa shape index (κ1) is 22.0. The van der Waals surface area contributed by atoms with Crippen LogP contribution in [0.1, 0.15) is 5.56 Å². The fourth-order valence-corrected chi connectivity index (χ4v) is 4.27. The number of nitrogens with one attached hydrogen (secondary N) is 1. The number of pyridine rings is 1. The number of imidazole rings is 1. The van der Waals surface area contributed by atoms with Gasteiger partial charge in [-0.2, -0.15) is 0 Å². The minimum absolute atomic E-state index is 0.0343. The van der Waals surface area contributed by atoms with Gasteiger partial charge < -0.3 is 34.7 Å². The fraction of sp³-hybridized carbons (Fsp3) is 0.391. The van der Waals surface area contributed by atoms with Gasteiger partial charge in [0.2, 0.25) is 0 Å². The van der Waals surface area contributed by atoms with Gasteiger partial charge in [0.05, 0.1) is 13.2 Å². The maximum atomic E-state index is 10.9. The van der Waals surface area contributed by atoms with Gasteiger partial charge in [-0.1, -0.05) is 6.07 Å². The summed E-state index contributed by atoms with van der Waals surface area (Å²) >= 11 is 0. The lowest BCUT2D eigenvalue weighted by atomic mass is 10.2. The molecule has 3 aromatic rings. The van der Waals surface area contributed by atoms with Gasteiger partial charge in [-0.05, 0) is 40.8 Å². The molecule has 4 heterocycles. The number of hydrogen-bond acceptors (Lipinski definition) is 9. The van der Waals surface area contributed by atoms with E-state index < -0.39 is 4.92 Å². The molecular weight excluding hydrogens is 438 g/mol. The van der Waals surface area contributed by atoms with Gasteiger partial charge >= 0.3 is 11.8 Å². The summed E-state index contributed by atoms with van der Waals surface area (Å²) in [6, 6.07) is 12.7. The molecule has 34 heavy (non-hydrogen) atoms. The molecule has 11 heteroatoms. The predicted octanol–water partition coefficient (Wildman–Crippen LogP) is 2.07. The van der Waals surface area contributed by atoms with Crippen molar-refractivity contribution >= 4 is 17.3 Å². The highest BCUT2D eigenvalue weighted by Gasteiger charge is 2.27. The first-order valence-electron chi connectivity index (χ1n) is 11.3. The van der Waals surface area contributed by atoms with Crippen molar-refractivity contribution in [2.45, 2.75) is 19.1 Å². The van der Waals surface area contributed by atoms with Crippen molar-refractivity contribution in [1.29, 1.82) is 0 Å². The van der Waals surface area contributed by atoms with Gasteiger partial charge in [0.25, 0.3) is 0 Å². The summed E-state index contributed by atoms with van der Waals surface area (Å²) in [5, 5.41) is 14.3. The minimum Gasteiger partial charge on any atom is -0.497 e. The van der Waals surface area contributed by atoms with Crippen LogP contribution < -0.4 is 24.6 Å². The number of aromatic nitrogens is 3. The second kappa shape index (κ2) is 9.56. The molecule has 1 N–H and O–H groups in total. The van der Waals surface area contributed by atoms with Crippen molar-refractivity contribution in [2.24, 2.45) is 0 Å². The maximum absolute atomic E-state index is 10.9. The van der Waals surface area contributed by atoms with Crippen molar-refractivity contribution in [2.75, 3.05) is 49.7 Å². The minimum atomic E-state index is -0.511. The quantitative estimate of drug-likeness (QED) is 0.414. The summed E-state index contributed by atoms with van der Waals surface area (Å²) in [6.07, 6.45) is 3.31. The van der Waals surface area contributed by atoms with Crippen molar-refractivity contribution in [1.82, 2.24) is 19.9 Å². The molecule has 0 aliphatic carbocycles. The van der Waals surface area contributed by atoms with Crippen molar-refractivity contribution in [3.63, 3.8) is 0 Å². The van der Waals surface area contributed by atoms with Gasteiger partial charge in [0.15, 0.2) is 0 Å². The third kappa shape index (κ3) is 4.74. The fourth-order valence-electron chi connectivity index (χ4n) is 4.27. The number of nitro groups is 1. The molecule has 0 spiro atoms.